The highest BCUT2D eigenvalue weighted by Crippen LogP contribution is 2.18. The van der Waals surface area contributed by atoms with E-state index in [0.717, 1.165) is 30.8 Å². The van der Waals surface area contributed by atoms with E-state index in [4.69, 9.17) is 5.73 Å². The molecule has 0 radical (unpaired) electrons. The van der Waals surface area contributed by atoms with E-state index < -0.39 is 0 Å². The molecule has 1 aromatic rings. The molecular weight excluding hydrogens is 214 g/mol. The highest BCUT2D eigenvalue weighted by Gasteiger charge is 2.19. The molecule has 4 nitrogen and oxygen atoms in total. The Morgan fingerprint density at radius 1 is 1.29 bits per heavy atom. The number of amides is 1. The average Bonchev–Trinajstić information content (AvgIpc) is 2.39. The predicted molar refractivity (Wildman–Crippen MR) is 68.6 cm³/mol. The first-order chi connectivity index (χ1) is 8.20. The third-order valence-corrected chi connectivity index (χ3v) is 3.18. The van der Waals surface area contributed by atoms with Crippen molar-refractivity contribution in [2.45, 2.75) is 19.9 Å². The Bertz CT molecular complexity index is 388. The Morgan fingerprint density at radius 3 is 2.59 bits per heavy atom. The average molecular weight is 233 g/mol. The van der Waals surface area contributed by atoms with Gasteiger partial charge in [0, 0.05) is 32.2 Å². The molecule has 0 aromatic heterocycles. The highest BCUT2D eigenvalue weighted by atomic mass is 16.2. The quantitative estimate of drug-likeness (QED) is 0.834. The SMILES string of the molecule is CC(=O)N1CCCN(c2ccc(CN)cc2)C1. The lowest BCUT2D eigenvalue weighted by Crippen LogP contribution is -2.46. The van der Waals surface area contributed by atoms with Gasteiger partial charge in [-0.15, -0.1) is 0 Å². The monoisotopic (exact) mass is 233 g/mol. The zero-order chi connectivity index (χ0) is 12.3. The van der Waals surface area contributed by atoms with Gasteiger partial charge in [0.1, 0.15) is 0 Å². The standard InChI is InChI=1S/C13H19N3O/c1-11(17)15-7-2-8-16(10-15)13-5-3-12(9-14)4-6-13/h3-6H,2,7-10,14H2,1H3. The second-order valence-electron chi connectivity index (χ2n) is 4.41. The van der Waals surface area contributed by atoms with Gasteiger partial charge in [-0.25, -0.2) is 0 Å². The topological polar surface area (TPSA) is 49.6 Å². The van der Waals surface area contributed by atoms with E-state index in [1.165, 1.54) is 0 Å². The molecule has 0 aliphatic carbocycles. The van der Waals surface area contributed by atoms with Crippen LogP contribution in [0.5, 0.6) is 0 Å². The molecule has 1 aliphatic rings. The number of anilines is 1. The highest BCUT2D eigenvalue weighted by molar-refractivity contribution is 5.73. The summed E-state index contributed by atoms with van der Waals surface area (Å²) in [5, 5.41) is 0. The second kappa shape index (κ2) is 5.19. The van der Waals surface area contributed by atoms with Crippen LogP contribution in [0.4, 0.5) is 5.69 Å². The Hall–Kier alpha value is -1.55. The van der Waals surface area contributed by atoms with Crippen LogP contribution >= 0.6 is 0 Å². The van der Waals surface area contributed by atoms with Crippen LogP contribution in [0.15, 0.2) is 24.3 Å². The molecule has 1 fully saturated rings. The number of rotatable bonds is 2. The maximum Gasteiger partial charge on any atom is 0.220 e. The largest absolute Gasteiger partial charge is 0.354 e. The Morgan fingerprint density at radius 2 is 2.00 bits per heavy atom. The van der Waals surface area contributed by atoms with Gasteiger partial charge in [-0.05, 0) is 24.1 Å². The van der Waals surface area contributed by atoms with Crippen LogP contribution in [0.3, 0.4) is 0 Å². The number of nitrogens with zero attached hydrogens (tertiary/aromatic N) is 2. The Labute approximate surface area is 102 Å². The zero-order valence-corrected chi connectivity index (χ0v) is 10.2. The summed E-state index contributed by atoms with van der Waals surface area (Å²) in [4.78, 5) is 15.5. The molecular formula is C13H19N3O. The lowest BCUT2D eigenvalue weighted by atomic mass is 10.2. The van der Waals surface area contributed by atoms with Gasteiger partial charge in [-0.1, -0.05) is 12.1 Å². The van der Waals surface area contributed by atoms with Crippen LogP contribution in [-0.4, -0.2) is 30.6 Å². The molecule has 0 bridgehead atoms. The van der Waals surface area contributed by atoms with Gasteiger partial charge in [0.25, 0.3) is 0 Å². The normalized spacial score (nSPS) is 16.1. The summed E-state index contributed by atoms with van der Waals surface area (Å²) < 4.78 is 0. The van der Waals surface area contributed by atoms with Crippen LogP contribution in [0.2, 0.25) is 0 Å². The van der Waals surface area contributed by atoms with Crippen LogP contribution in [0.1, 0.15) is 18.9 Å². The molecule has 1 amide bonds. The fourth-order valence-corrected chi connectivity index (χ4v) is 2.11. The maximum absolute atomic E-state index is 11.4. The van der Waals surface area contributed by atoms with E-state index in [0.29, 0.717) is 13.2 Å². The summed E-state index contributed by atoms with van der Waals surface area (Å²) in [5.74, 6) is 0.147. The summed E-state index contributed by atoms with van der Waals surface area (Å²) in [6.07, 6.45) is 1.03. The number of hydrogen-bond donors (Lipinski definition) is 1. The first-order valence-electron chi connectivity index (χ1n) is 6.00. The molecule has 2 N–H and O–H groups in total. The molecule has 17 heavy (non-hydrogen) atoms. The number of benzene rings is 1. The minimum atomic E-state index is 0.147. The first kappa shape index (κ1) is 11.9. The van der Waals surface area contributed by atoms with Gasteiger partial charge in [0.2, 0.25) is 5.91 Å². The van der Waals surface area contributed by atoms with Gasteiger partial charge >= 0.3 is 0 Å². The van der Waals surface area contributed by atoms with E-state index >= 15 is 0 Å². The van der Waals surface area contributed by atoms with Crippen LogP contribution in [-0.2, 0) is 11.3 Å². The summed E-state index contributed by atoms with van der Waals surface area (Å²) in [7, 11) is 0. The lowest BCUT2D eigenvalue weighted by Gasteiger charge is -2.36. The molecule has 1 aliphatic heterocycles. The van der Waals surface area contributed by atoms with Crippen molar-refractivity contribution in [3.05, 3.63) is 29.8 Å². The molecule has 1 aromatic carbocycles. The smallest absolute Gasteiger partial charge is 0.220 e. The minimum Gasteiger partial charge on any atom is -0.354 e. The molecule has 92 valence electrons. The van der Waals surface area contributed by atoms with E-state index in [1.54, 1.807) is 6.92 Å². The number of hydrogen-bond acceptors (Lipinski definition) is 3. The van der Waals surface area contributed by atoms with Crippen molar-refractivity contribution >= 4 is 11.6 Å². The van der Waals surface area contributed by atoms with Crippen LogP contribution in [0, 0.1) is 0 Å². The zero-order valence-electron chi connectivity index (χ0n) is 10.2. The van der Waals surface area contributed by atoms with E-state index in [2.05, 4.69) is 17.0 Å². The molecule has 0 atom stereocenters. The van der Waals surface area contributed by atoms with E-state index in [9.17, 15) is 4.79 Å². The fraction of sp³-hybridized carbons (Fsp3) is 0.462. The van der Waals surface area contributed by atoms with Crippen molar-refractivity contribution in [3.8, 4) is 0 Å². The van der Waals surface area contributed by atoms with Crippen molar-refractivity contribution in [3.63, 3.8) is 0 Å². The fourth-order valence-electron chi connectivity index (χ4n) is 2.11. The molecule has 4 heteroatoms. The van der Waals surface area contributed by atoms with E-state index in [1.807, 2.05) is 17.0 Å². The molecule has 2 rings (SSSR count). The molecule has 0 spiro atoms. The molecule has 1 saturated heterocycles. The number of carbonyl (C=O) groups excluding carboxylic acids is 1. The van der Waals surface area contributed by atoms with Crippen molar-refractivity contribution in [2.24, 2.45) is 5.73 Å². The minimum absolute atomic E-state index is 0.147. The first-order valence-corrected chi connectivity index (χ1v) is 6.00. The summed E-state index contributed by atoms with van der Waals surface area (Å²) in [5.41, 5.74) is 7.87. The molecule has 0 saturated carbocycles. The van der Waals surface area contributed by atoms with Crippen LogP contribution in [0.25, 0.3) is 0 Å². The number of nitrogens with two attached hydrogens (primary N) is 1. The van der Waals surface area contributed by atoms with Gasteiger partial charge in [-0.2, -0.15) is 0 Å². The van der Waals surface area contributed by atoms with Crippen molar-refractivity contribution < 1.29 is 4.79 Å². The van der Waals surface area contributed by atoms with Crippen molar-refractivity contribution in [1.29, 1.82) is 0 Å². The number of carbonyl (C=O) groups is 1. The third-order valence-electron chi connectivity index (χ3n) is 3.18. The van der Waals surface area contributed by atoms with Gasteiger partial charge in [0.05, 0.1) is 6.67 Å². The second-order valence-corrected chi connectivity index (χ2v) is 4.41. The van der Waals surface area contributed by atoms with Crippen LogP contribution < -0.4 is 10.6 Å². The summed E-state index contributed by atoms with van der Waals surface area (Å²) in [6.45, 7) is 4.76. The lowest BCUT2D eigenvalue weighted by molar-refractivity contribution is -0.129. The van der Waals surface area contributed by atoms with Crippen molar-refractivity contribution in [2.75, 3.05) is 24.7 Å². The van der Waals surface area contributed by atoms with Gasteiger partial charge in [0.15, 0.2) is 0 Å². The van der Waals surface area contributed by atoms with Gasteiger partial charge < -0.3 is 15.5 Å². The Balaban J connectivity index is 2.08. The predicted octanol–water partition coefficient (Wildman–Crippen LogP) is 1.16. The van der Waals surface area contributed by atoms with E-state index in [-0.39, 0.29) is 5.91 Å². The van der Waals surface area contributed by atoms with Gasteiger partial charge in [-0.3, -0.25) is 4.79 Å². The third kappa shape index (κ3) is 2.77. The molecule has 1 heterocycles. The maximum atomic E-state index is 11.4. The Kier molecular flexibility index (Phi) is 3.64. The summed E-state index contributed by atoms with van der Waals surface area (Å²) in [6, 6.07) is 8.24. The van der Waals surface area contributed by atoms with Crippen molar-refractivity contribution in [1.82, 2.24) is 4.90 Å². The summed E-state index contributed by atoms with van der Waals surface area (Å²) >= 11 is 0. The molecule has 0 unspecified atom stereocenters.